The second kappa shape index (κ2) is 6.64. The zero-order valence-electron chi connectivity index (χ0n) is 12.4. The molecule has 1 aliphatic carbocycles. The summed E-state index contributed by atoms with van der Waals surface area (Å²) in [4.78, 5) is 1.46. The number of likely N-dealkylation sites (N-methyl/N-ethyl adjacent to an activating group) is 1. The zero-order chi connectivity index (χ0) is 14.7. The van der Waals surface area contributed by atoms with E-state index in [0.29, 0.717) is 11.5 Å². The van der Waals surface area contributed by atoms with Crippen LogP contribution in [0.15, 0.2) is 46.3 Å². The highest BCUT2D eigenvalue weighted by molar-refractivity contribution is 9.11. The van der Waals surface area contributed by atoms with E-state index in [1.54, 1.807) is 0 Å². The monoisotopic (exact) mass is 363 g/mol. The zero-order valence-corrected chi connectivity index (χ0v) is 14.8. The van der Waals surface area contributed by atoms with Gasteiger partial charge in [-0.05, 0) is 59.9 Å². The number of benzene rings is 1. The molecule has 0 amide bonds. The van der Waals surface area contributed by atoms with E-state index in [0.717, 1.165) is 6.42 Å². The van der Waals surface area contributed by atoms with Crippen molar-refractivity contribution in [1.29, 1.82) is 0 Å². The third-order valence-electron chi connectivity index (χ3n) is 4.89. The van der Waals surface area contributed by atoms with E-state index in [1.807, 2.05) is 11.3 Å². The third kappa shape index (κ3) is 3.10. The predicted octanol–water partition coefficient (Wildman–Crippen LogP) is 5.15. The highest BCUT2D eigenvalue weighted by Crippen LogP contribution is 2.45. The molecule has 112 valence electrons. The number of hydrogen-bond acceptors (Lipinski definition) is 2. The number of nitrogens with one attached hydrogen (secondary N) is 1. The van der Waals surface area contributed by atoms with Gasteiger partial charge in [0.15, 0.2) is 0 Å². The van der Waals surface area contributed by atoms with Gasteiger partial charge < -0.3 is 5.32 Å². The Kier molecular flexibility index (Phi) is 4.82. The van der Waals surface area contributed by atoms with Crippen LogP contribution in [0, 0.1) is 0 Å². The Balaban J connectivity index is 1.91. The van der Waals surface area contributed by atoms with Crippen molar-refractivity contribution in [3.63, 3.8) is 0 Å². The predicted molar refractivity (Wildman–Crippen MR) is 95.2 cm³/mol. The normalized spacial score (nSPS) is 18.8. The van der Waals surface area contributed by atoms with Crippen molar-refractivity contribution < 1.29 is 0 Å². The quantitative estimate of drug-likeness (QED) is 0.773. The van der Waals surface area contributed by atoms with E-state index < -0.39 is 0 Å². The van der Waals surface area contributed by atoms with Gasteiger partial charge in [0.2, 0.25) is 0 Å². The summed E-state index contributed by atoms with van der Waals surface area (Å²) in [5.41, 5.74) is 1.81. The molecule has 0 spiro atoms. The Morgan fingerprint density at radius 1 is 1.14 bits per heavy atom. The van der Waals surface area contributed by atoms with Gasteiger partial charge in [-0.3, -0.25) is 0 Å². The van der Waals surface area contributed by atoms with Crippen LogP contribution >= 0.6 is 27.3 Å². The molecule has 1 aromatic carbocycles. The first-order valence-electron chi connectivity index (χ1n) is 7.71. The molecule has 1 N–H and O–H groups in total. The van der Waals surface area contributed by atoms with E-state index in [-0.39, 0.29) is 0 Å². The summed E-state index contributed by atoms with van der Waals surface area (Å²) in [6.07, 6.45) is 6.41. The van der Waals surface area contributed by atoms with E-state index in [4.69, 9.17) is 0 Å². The lowest BCUT2D eigenvalue weighted by Gasteiger charge is -2.38. The molecule has 1 unspecified atom stereocenters. The average molecular weight is 364 g/mol. The molecule has 3 heteroatoms. The van der Waals surface area contributed by atoms with Crippen molar-refractivity contribution in [3.05, 3.63) is 56.7 Å². The van der Waals surface area contributed by atoms with Crippen LogP contribution in [0.2, 0.25) is 0 Å². The van der Waals surface area contributed by atoms with Crippen LogP contribution in [-0.4, -0.2) is 13.1 Å². The molecule has 3 rings (SSSR count). The lowest BCUT2D eigenvalue weighted by Crippen LogP contribution is -2.46. The standard InChI is InChI=1S/C18H22BrNS/c1-20-16(13-15-9-10-17(19)21-15)18(11-5-6-12-18)14-7-3-2-4-8-14/h2-4,7-10,16,20H,5-6,11-13H2,1H3. The highest BCUT2D eigenvalue weighted by Gasteiger charge is 2.42. The minimum atomic E-state index is 0.298. The van der Waals surface area contributed by atoms with Crippen LogP contribution in [0.1, 0.15) is 36.1 Å². The molecule has 2 aromatic rings. The Hall–Kier alpha value is -0.640. The molecule has 1 heterocycles. The molecule has 21 heavy (non-hydrogen) atoms. The fourth-order valence-electron chi connectivity index (χ4n) is 3.85. The van der Waals surface area contributed by atoms with Gasteiger partial charge in [0.25, 0.3) is 0 Å². The van der Waals surface area contributed by atoms with Crippen molar-refractivity contribution in [2.24, 2.45) is 0 Å². The van der Waals surface area contributed by atoms with Gasteiger partial charge >= 0.3 is 0 Å². The maximum atomic E-state index is 3.63. The SMILES string of the molecule is CNC(Cc1ccc(Br)s1)C1(c2ccccc2)CCCC1. The molecule has 1 saturated carbocycles. The minimum Gasteiger partial charge on any atom is -0.316 e. The molecule has 0 saturated heterocycles. The van der Waals surface area contributed by atoms with Crippen LogP contribution in [0.3, 0.4) is 0 Å². The molecule has 1 fully saturated rings. The van der Waals surface area contributed by atoms with E-state index in [9.17, 15) is 0 Å². The van der Waals surface area contributed by atoms with Crippen LogP contribution < -0.4 is 5.32 Å². The summed E-state index contributed by atoms with van der Waals surface area (Å²) in [5, 5.41) is 3.63. The van der Waals surface area contributed by atoms with Crippen LogP contribution in [0.25, 0.3) is 0 Å². The van der Waals surface area contributed by atoms with Gasteiger partial charge in [-0.15, -0.1) is 11.3 Å². The molecular formula is C18H22BrNS. The van der Waals surface area contributed by atoms with Gasteiger partial charge in [0, 0.05) is 16.3 Å². The van der Waals surface area contributed by atoms with E-state index >= 15 is 0 Å². The molecule has 0 aliphatic heterocycles. The van der Waals surface area contributed by atoms with Gasteiger partial charge in [0.05, 0.1) is 3.79 Å². The first-order chi connectivity index (χ1) is 10.2. The van der Waals surface area contributed by atoms with Crippen molar-refractivity contribution in [2.75, 3.05) is 7.05 Å². The summed E-state index contributed by atoms with van der Waals surface area (Å²) >= 11 is 5.44. The second-order valence-corrected chi connectivity index (χ2v) is 8.53. The molecule has 1 aliphatic rings. The summed E-state index contributed by atoms with van der Waals surface area (Å²) in [6, 6.07) is 16.1. The Bertz CT molecular complexity index is 572. The molecule has 0 bridgehead atoms. The first kappa shape index (κ1) is 15.3. The van der Waals surface area contributed by atoms with Crippen molar-refractivity contribution >= 4 is 27.3 Å². The van der Waals surface area contributed by atoms with Crippen molar-refractivity contribution in [2.45, 2.75) is 43.6 Å². The van der Waals surface area contributed by atoms with Crippen LogP contribution in [0.4, 0.5) is 0 Å². The van der Waals surface area contributed by atoms with Crippen LogP contribution in [-0.2, 0) is 11.8 Å². The third-order valence-corrected chi connectivity index (χ3v) is 6.54. The molecule has 1 atom stereocenters. The minimum absolute atomic E-state index is 0.298. The van der Waals surface area contributed by atoms with Crippen LogP contribution in [0.5, 0.6) is 0 Å². The second-order valence-electron chi connectivity index (χ2n) is 5.98. The smallest absolute Gasteiger partial charge is 0.0701 e. The Labute approximate surface area is 139 Å². The molecule has 1 nitrogen and oxygen atoms in total. The lowest BCUT2D eigenvalue weighted by molar-refractivity contribution is 0.309. The first-order valence-corrected chi connectivity index (χ1v) is 9.32. The van der Waals surface area contributed by atoms with Gasteiger partial charge in [-0.1, -0.05) is 43.2 Å². The van der Waals surface area contributed by atoms with E-state index in [2.05, 4.69) is 70.8 Å². The number of rotatable bonds is 5. The fraction of sp³-hybridized carbons (Fsp3) is 0.444. The highest BCUT2D eigenvalue weighted by atomic mass is 79.9. The molecular weight excluding hydrogens is 342 g/mol. The average Bonchev–Trinajstić information content (AvgIpc) is 3.15. The van der Waals surface area contributed by atoms with Gasteiger partial charge in [-0.25, -0.2) is 0 Å². The van der Waals surface area contributed by atoms with E-state index in [1.165, 1.54) is 39.9 Å². The summed E-state index contributed by atoms with van der Waals surface area (Å²) in [6.45, 7) is 0. The van der Waals surface area contributed by atoms with Crippen molar-refractivity contribution in [1.82, 2.24) is 5.32 Å². The number of hydrogen-bond donors (Lipinski definition) is 1. The van der Waals surface area contributed by atoms with Crippen molar-refractivity contribution in [3.8, 4) is 0 Å². The number of halogens is 1. The molecule has 1 aromatic heterocycles. The molecule has 0 radical (unpaired) electrons. The van der Waals surface area contributed by atoms with Gasteiger partial charge in [-0.2, -0.15) is 0 Å². The lowest BCUT2D eigenvalue weighted by atomic mass is 9.71. The maximum Gasteiger partial charge on any atom is 0.0701 e. The van der Waals surface area contributed by atoms with Gasteiger partial charge in [0.1, 0.15) is 0 Å². The fourth-order valence-corrected chi connectivity index (χ4v) is 5.38. The summed E-state index contributed by atoms with van der Waals surface area (Å²) < 4.78 is 1.23. The summed E-state index contributed by atoms with van der Waals surface area (Å²) in [7, 11) is 2.12. The topological polar surface area (TPSA) is 12.0 Å². The summed E-state index contributed by atoms with van der Waals surface area (Å²) in [5.74, 6) is 0. The Morgan fingerprint density at radius 2 is 1.86 bits per heavy atom. The number of thiophene rings is 1. The maximum absolute atomic E-state index is 3.63. The largest absolute Gasteiger partial charge is 0.316 e. The Morgan fingerprint density at radius 3 is 2.43 bits per heavy atom.